The molecular weight excluding hydrogens is 445 g/mol. The Morgan fingerprint density at radius 3 is 2.31 bits per heavy atom. The van der Waals surface area contributed by atoms with Gasteiger partial charge in [-0.15, -0.1) is 0 Å². The van der Waals surface area contributed by atoms with Crippen molar-refractivity contribution in [1.29, 1.82) is 0 Å². The van der Waals surface area contributed by atoms with E-state index in [1.54, 1.807) is 19.2 Å². The Morgan fingerprint density at radius 1 is 1.00 bits per heavy atom. The van der Waals surface area contributed by atoms with Crippen molar-refractivity contribution < 1.29 is 19.0 Å². The van der Waals surface area contributed by atoms with Gasteiger partial charge in [0.1, 0.15) is 42.2 Å². The second kappa shape index (κ2) is 11.0. The number of aromatic nitrogens is 3. The number of allylic oxidation sites excluding steroid dienone is 1. The van der Waals surface area contributed by atoms with Gasteiger partial charge in [-0.25, -0.2) is 14.1 Å². The number of hydrogen-bond donors (Lipinski definition) is 1. The van der Waals surface area contributed by atoms with Crippen LogP contribution in [-0.2, 0) is 12.1 Å². The summed E-state index contributed by atoms with van der Waals surface area (Å²) in [6.07, 6.45) is 7.14. The van der Waals surface area contributed by atoms with Crippen LogP contribution in [0.2, 0.25) is 0 Å². The van der Waals surface area contributed by atoms with Crippen molar-refractivity contribution in [2.24, 2.45) is 0 Å². The second-order valence-corrected chi connectivity index (χ2v) is 8.41. The highest BCUT2D eigenvalue weighted by molar-refractivity contribution is 5.52. The molecule has 0 saturated heterocycles. The van der Waals surface area contributed by atoms with E-state index in [2.05, 4.69) is 29.2 Å². The maximum absolute atomic E-state index is 13.4. The first-order chi connectivity index (χ1) is 16.9. The van der Waals surface area contributed by atoms with Gasteiger partial charge >= 0.3 is 0 Å². The molecule has 1 heterocycles. The summed E-state index contributed by atoms with van der Waals surface area (Å²) in [7, 11) is 1.65. The monoisotopic (exact) mass is 473 g/mol. The summed E-state index contributed by atoms with van der Waals surface area (Å²) in [6, 6.07) is 21.4. The molecule has 7 heteroatoms. The van der Waals surface area contributed by atoms with Gasteiger partial charge in [0.15, 0.2) is 0 Å². The smallest absolute Gasteiger partial charge is 0.143 e. The average Bonchev–Trinajstić information content (AvgIpc) is 3.40. The summed E-state index contributed by atoms with van der Waals surface area (Å²) in [5.74, 6) is 1.29. The van der Waals surface area contributed by atoms with Crippen LogP contribution < -0.4 is 9.47 Å². The molecule has 0 aliphatic rings. The van der Waals surface area contributed by atoms with E-state index in [1.165, 1.54) is 29.5 Å². The molecule has 1 aromatic heterocycles. The van der Waals surface area contributed by atoms with Crippen LogP contribution in [0.25, 0.3) is 6.08 Å². The Balaban J connectivity index is 1.42. The predicted molar refractivity (Wildman–Crippen MR) is 133 cm³/mol. The topological polar surface area (TPSA) is 69.4 Å². The van der Waals surface area contributed by atoms with Gasteiger partial charge in [0.05, 0.1) is 13.7 Å². The third-order valence-corrected chi connectivity index (χ3v) is 5.85. The van der Waals surface area contributed by atoms with E-state index < -0.39 is 5.60 Å². The number of rotatable bonds is 10. The summed E-state index contributed by atoms with van der Waals surface area (Å²) in [6.45, 7) is 2.20. The van der Waals surface area contributed by atoms with Crippen LogP contribution >= 0.6 is 0 Å². The first-order valence-electron chi connectivity index (χ1n) is 11.3. The highest BCUT2D eigenvalue weighted by Crippen LogP contribution is 2.27. The van der Waals surface area contributed by atoms with E-state index in [1.807, 2.05) is 48.5 Å². The molecule has 1 N–H and O–H groups in total. The zero-order valence-corrected chi connectivity index (χ0v) is 19.7. The van der Waals surface area contributed by atoms with Gasteiger partial charge in [-0.05, 0) is 59.0 Å². The maximum Gasteiger partial charge on any atom is 0.143 e. The highest BCUT2D eigenvalue weighted by atomic mass is 19.1. The lowest BCUT2D eigenvalue weighted by molar-refractivity contribution is -0.0270. The van der Waals surface area contributed by atoms with E-state index in [0.29, 0.717) is 11.3 Å². The SMILES string of the molecule is COc1ccc(/C=C/C(C)c2ccc(OCC(O)(Cn3cncn3)c3ccc(F)cc3)cc2)cc1. The Labute approximate surface area is 204 Å². The van der Waals surface area contributed by atoms with Gasteiger partial charge in [-0.1, -0.05) is 55.5 Å². The minimum absolute atomic E-state index is 0.0369. The van der Waals surface area contributed by atoms with E-state index in [-0.39, 0.29) is 24.9 Å². The molecule has 0 aliphatic heterocycles. The average molecular weight is 474 g/mol. The van der Waals surface area contributed by atoms with Crippen molar-refractivity contribution in [3.8, 4) is 11.5 Å². The number of methoxy groups -OCH3 is 1. The number of halogens is 1. The van der Waals surface area contributed by atoms with Crippen LogP contribution in [0.15, 0.2) is 91.5 Å². The normalized spacial score (nSPS) is 13.9. The molecule has 4 aromatic rings. The Kier molecular flexibility index (Phi) is 7.57. The molecule has 0 amide bonds. The highest BCUT2D eigenvalue weighted by Gasteiger charge is 2.32. The van der Waals surface area contributed by atoms with Crippen molar-refractivity contribution in [3.05, 3.63) is 114 Å². The second-order valence-electron chi connectivity index (χ2n) is 8.41. The van der Waals surface area contributed by atoms with E-state index in [9.17, 15) is 9.50 Å². The molecule has 35 heavy (non-hydrogen) atoms. The Hall–Kier alpha value is -3.97. The van der Waals surface area contributed by atoms with Crippen LogP contribution in [0.1, 0.15) is 29.5 Å². The van der Waals surface area contributed by atoms with Crippen molar-refractivity contribution in [2.75, 3.05) is 13.7 Å². The van der Waals surface area contributed by atoms with Crippen LogP contribution in [0.4, 0.5) is 4.39 Å². The fraction of sp³-hybridized carbons (Fsp3) is 0.214. The van der Waals surface area contributed by atoms with Gasteiger partial charge in [-0.2, -0.15) is 5.10 Å². The number of aliphatic hydroxyl groups is 1. The first-order valence-corrected chi connectivity index (χ1v) is 11.3. The quantitative estimate of drug-likeness (QED) is 0.342. The Morgan fingerprint density at radius 2 is 1.69 bits per heavy atom. The minimum Gasteiger partial charge on any atom is -0.497 e. The Bertz CT molecular complexity index is 1220. The van der Waals surface area contributed by atoms with Crippen LogP contribution in [0, 0.1) is 5.82 Å². The molecule has 0 fully saturated rings. The van der Waals surface area contributed by atoms with Crippen LogP contribution in [-0.4, -0.2) is 33.6 Å². The fourth-order valence-corrected chi connectivity index (χ4v) is 3.71. The molecule has 0 aliphatic carbocycles. The van der Waals surface area contributed by atoms with Crippen molar-refractivity contribution in [1.82, 2.24) is 14.8 Å². The number of benzene rings is 3. The van der Waals surface area contributed by atoms with Crippen molar-refractivity contribution >= 4 is 6.08 Å². The predicted octanol–water partition coefficient (Wildman–Crippen LogP) is 5.21. The molecule has 2 atom stereocenters. The summed E-state index contributed by atoms with van der Waals surface area (Å²) in [4.78, 5) is 3.93. The van der Waals surface area contributed by atoms with Crippen LogP contribution in [0.5, 0.6) is 11.5 Å². The summed E-state index contributed by atoms with van der Waals surface area (Å²) >= 11 is 0. The molecule has 0 bridgehead atoms. The van der Waals surface area contributed by atoms with Gasteiger partial charge in [0.25, 0.3) is 0 Å². The summed E-state index contributed by atoms with van der Waals surface area (Å²) in [5, 5.41) is 15.5. The van der Waals surface area contributed by atoms with Crippen molar-refractivity contribution in [2.45, 2.75) is 25.0 Å². The molecule has 4 rings (SSSR count). The van der Waals surface area contributed by atoms with E-state index in [0.717, 1.165) is 16.9 Å². The molecule has 2 unspecified atom stereocenters. The number of ether oxygens (including phenoxy) is 2. The largest absolute Gasteiger partial charge is 0.497 e. The van der Waals surface area contributed by atoms with Crippen molar-refractivity contribution in [3.63, 3.8) is 0 Å². The lowest BCUT2D eigenvalue weighted by Gasteiger charge is -2.28. The lowest BCUT2D eigenvalue weighted by atomic mass is 9.94. The maximum atomic E-state index is 13.4. The van der Waals surface area contributed by atoms with Gasteiger partial charge < -0.3 is 14.6 Å². The molecule has 0 saturated carbocycles. The molecule has 180 valence electrons. The standard InChI is InChI=1S/C28H28FN3O3/c1-21(3-4-22-5-13-26(34-2)14-6-22)23-7-15-27(16-8-23)35-18-28(33,17-32-20-30-19-31-32)24-9-11-25(29)12-10-24/h3-16,19-21,33H,17-18H2,1-2H3/b4-3+. The zero-order valence-electron chi connectivity index (χ0n) is 19.7. The summed E-state index contributed by atoms with van der Waals surface area (Å²) in [5.41, 5.74) is 1.35. The molecule has 3 aromatic carbocycles. The van der Waals surface area contributed by atoms with Gasteiger partial charge in [0.2, 0.25) is 0 Å². The van der Waals surface area contributed by atoms with Gasteiger partial charge in [-0.3, -0.25) is 0 Å². The molecule has 0 spiro atoms. The fourth-order valence-electron chi connectivity index (χ4n) is 3.71. The van der Waals surface area contributed by atoms with Crippen LogP contribution in [0.3, 0.4) is 0 Å². The zero-order chi connectivity index (χ0) is 24.7. The number of hydrogen-bond acceptors (Lipinski definition) is 5. The third kappa shape index (κ3) is 6.33. The van der Waals surface area contributed by atoms with E-state index >= 15 is 0 Å². The molecule has 0 radical (unpaired) electrons. The number of nitrogens with zero attached hydrogens (tertiary/aromatic N) is 3. The lowest BCUT2D eigenvalue weighted by Crippen LogP contribution is -2.38. The van der Waals surface area contributed by atoms with Gasteiger partial charge in [0, 0.05) is 0 Å². The van der Waals surface area contributed by atoms with E-state index in [4.69, 9.17) is 9.47 Å². The summed E-state index contributed by atoms with van der Waals surface area (Å²) < 4.78 is 26.1. The molecular formula is C28H28FN3O3. The third-order valence-electron chi connectivity index (χ3n) is 5.85. The molecule has 6 nitrogen and oxygen atoms in total. The first kappa shape index (κ1) is 24.2. The minimum atomic E-state index is -1.42.